The molecule has 226 valence electrons. The Kier molecular flexibility index (Phi) is 7.83. The molecule has 0 radical (unpaired) electrons. The van der Waals surface area contributed by atoms with E-state index in [2.05, 4.69) is 89.9 Å². The van der Waals surface area contributed by atoms with E-state index in [1.807, 2.05) is 85.1 Å². The fourth-order valence-corrected chi connectivity index (χ4v) is 5.83. The minimum Gasteiger partial charge on any atom is -0.255 e. The van der Waals surface area contributed by atoms with Gasteiger partial charge in [-0.15, -0.1) is 0 Å². The summed E-state index contributed by atoms with van der Waals surface area (Å²) in [7, 11) is 0. The summed E-state index contributed by atoms with van der Waals surface area (Å²) in [6, 6.07) is 55.4. The molecule has 0 aliphatic carbocycles. The number of rotatable bonds is 7. The van der Waals surface area contributed by atoms with E-state index in [9.17, 15) is 0 Å². The molecule has 0 fully saturated rings. The smallest absolute Gasteiger partial charge is 0.161 e. The number of benzene rings is 4. The monoisotopic (exact) mass is 615 g/mol. The second kappa shape index (κ2) is 13.0. The highest BCUT2D eigenvalue weighted by molar-refractivity contribution is 5.86. The van der Waals surface area contributed by atoms with Crippen LogP contribution in [0.5, 0.6) is 0 Å². The molecule has 0 unspecified atom stereocenters. The van der Waals surface area contributed by atoms with E-state index < -0.39 is 0 Å². The van der Waals surface area contributed by atoms with Gasteiger partial charge in [0, 0.05) is 29.1 Å². The topological polar surface area (TPSA) is 64.5 Å². The molecule has 5 nitrogen and oxygen atoms in total. The molecule has 8 rings (SSSR count). The van der Waals surface area contributed by atoms with Crippen molar-refractivity contribution in [3.8, 4) is 78.9 Å². The van der Waals surface area contributed by atoms with Gasteiger partial charge in [0.15, 0.2) is 5.82 Å². The van der Waals surface area contributed by atoms with Crippen molar-refractivity contribution in [1.82, 2.24) is 24.9 Å². The molecule has 4 heterocycles. The highest BCUT2D eigenvalue weighted by Gasteiger charge is 2.15. The molecule has 0 saturated heterocycles. The van der Waals surface area contributed by atoms with Crippen LogP contribution in [0.15, 0.2) is 176 Å². The molecule has 48 heavy (non-hydrogen) atoms. The summed E-state index contributed by atoms with van der Waals surface area (Å²) in [5.41, 5.74) is 12.1. The Morgan fingerprint density at radius 2 is 0.812 bits per heavy atom. The Labute approximate surface area is 279 Å². The van der Waals surface area contributed by atoms with E-state index in [-0.39, 0.29) is 0 Å². The minimum atomic E-state index is 0.613. The van der Waals surface area contributed by atoms with Gasteiger partial charge in [-0.2, -0.15) is 0 Å². The SMILES string of the molecule is c1ccc(-c2cc(-c3ccccc3)nc(-c3ccc(-c4cc(-c5ccccc5-c5ccccc5)cc(-c5ccccn5)n4)nc3)n2)cc1. The lowest BCUT2D eigenvalue weighted by molar-refractivity contribution is 1.17. The fraction of sp³-hybridized carbons (Fsp3) is 0. The molecule has 8 aromatic rings. The maximum absolute atomic E-state index is 5.06. The maximum atomic E-state index is 5.06. The van der Waals surface area contributed by atoms with Gasteiger partial charge in [-0.05, 0) is 64.7 Å². The molecule has 0 amide bonds. The summed E-state index contributed by atoms with van der Waals surface area (Å²) >= 11 is 0. The quantitative estimate of drug-likeness (QED) is 0.178. The molecular weight excluding hydrogens is 587 g/mol. The van der Waals surface area contributed by atoms with Gasteiger partial charge in [0.1, 0.15) is 0 Å². The molecule has 0 N–H and O–H groups in total. The average molecular weight is 616 g/mol. The summed E-state index contributed by atoms with van der Waals surface area (Å²) in [6.07, 6.45) is 3.63. The summed E-state index contributed by atoms with van der Waals surface area (Å²) < 4.78 is 0. The van der Waals surface area contributed by atoms with E-state index >= 15 is 0 Å². The molecule has 0 aliphatic heterocycles. The van der Waals surface area contributed by atoms with E-state index in [4.69, 9.17) is 19.9 Å². The van der Waals surface area contributed by atoms with Gasteiger partial charge in [0.2, 0.25) is 0 Å². The lowest BCUT2D eigenvalue weighted by Gasteiger charge is -2.13. The Bertz CT molecular complexity index is 2250. The molecular formula is C43H29N5. The molecule has 4 aromatic carbocycles. The first-order valence-corrected chi connectivity index (χ1v) is 15.8. The predicted molar refractivity (Wildman–Crippen MR) is 193 cm³/mol. The van der Waals surface area contributed by atoms with E-state index in [0.29, 0.717) is 5.82 Å². The Morgan fingerprint density at radius 1 is 0.292 bits per heavy atom. The highest BCUT2D eigenvalue weighted by atomic mass is 14.9. The summed E-state index contributed by atoms with van der Waals surface area (Å²) in [5.74, 6) is 0.613. The van der Waals surface area contributed by atoms with Gasteiger partial charge in [-0.25, -0.2) is 15.0 Å². The van der Waals surface area contributed by atoms with Crippen LogP contribution in [0.2, 0.25) is 0 Å². The van der Waals surface area contributed by atoms with Crippen LogP contribution in [0, 0.1) is 0 Å². The highest BCUT2D eigenvalue weighted by Crippen LogP contribution is 2.36. The van der Waals surface area contributed by atoms with Gasteiger partial charge in [-0.3, -0.25) is 9.97 Å². The number of hydrogen-bond donors (Lipinski definition) is 0. The van der Waals surface area contributed by atoms with Crippen LogP contribution in [0.25, 0.3) is 78.9 Å². The van der Waals surface area contributed by atoms with Crippen LogP contribution in [0.3, 0.4) is 0 Å². The molecule has 0 aliphatic rings. The van der Waals surface area contributed by atoms with Crippen molar-refractivity contribution < 1.29 is 0 Å². The maximum Gasteiger partial charge on any atom is 0.161 e. The van der Waals surface area contributed by atoms with Crippen molar-refractivity contribution in [3.05, 3.63) is 176 Å². The van der Waals surface area contributed by atoms with Crippen molar-refractivity contribution in [2.45, 2.75) is 0 Å². The fourth-order valence-electron chi connectivity index (χ4n) is 5.83. The summed E-state index contributed by atoms with van der Waals surface area (Å²) in [4.78, 5) is 24.5. The average Bonchev–Trinajstić information content (AvgIpc) is 3.19. The molecule has 0 atom stereocenters. The number of aromatic nitrogens is 5. The molecule has 5 heteroatoms. The molecule has 0 bridgehead atoms. The summed E-state index contributed by atoms with van der Waals surface area (Å²) in [6.45, 7) is 0. The van der Waals surface area contributed by atoms with Crippen molar-refractivity contribution in [2.75, 3.05) is 0 Å². The predicted octanol–water partition coefficient (Wildman–Crippen LogP) is 10.3. The second-order valence-electron chi connectivity index (χ2n) is 11.4. The first kappa shape index (κ1) is 28.9. The van der Waals surface area contributed by atoms with Gasteiger partial charge in [-0.1, -0.05) is 121 Å². The van der Waals surface area contributed by atoms with Crippen LogP contribution in [-0.4, -0.2) is 24.9 Å². The van der Waals surface area contributed by atoms with Crippen LogP contribution in [0.1, 0.15) is 0 Å². The Balaban J connectivity index is 1.23. The standard InChI is InChI=1S/C43H29N5/c1-4-14-30(15-5-1)35-20-10-11-21-36(35)34-26-41(37-22-12-13-25-44-37)46-42(27-34)38-24-23-33(29-45-38)43-47-39(31-16-6-2-7-17-31)28-40(48-43)32-18-8-3-9-19-32/h1-29H. The van der Waals surface area contributed by atoms with Gasteiger partial charge < -0.3 is 0 Å². The van der Waals surface area contributed by atoms with E-state index in [1.54, 1.807) is 6.20 Å². The molecule has 0 saturated carbocycles. The third-order valence-electron chi connectivity index (χ3n) is 8.22. The van der Waals surface area contributed by atoms with Crippen LogP contribution in [-0.2, 0) is 0 Å². The van der Waals surface area contributed by atoms with E-state index in [1.165, 1.54) is 0 Å². The second-order valence-corrected chi connectivity index (χ2v) is 11.4. The van der Waals surface area contributed by atoms with Crippen LogP contribution in [0.4, 0.5) is 0 Å². The zero-order valence-electron chi connectivity index (χ0n) is 26.0. The van der Waals surface area contributed by atoms with Crippen molar-refractivity contribution >= 4 is 0 Å². The van der Waals surface area contributed by atoms with Crippen molar-refractivity contribution in [1.29, 1.82) is 0 Å². The third kappa shape index (κ3) is 6.00. The Hall–Kier alpha value is -6.59. The van der Waals surface area contributed by atoms with Crippen LogP contribution >= 0.6 is 0 Å². The molecule has 0 spiro atoms. The Morgan fingerprint density at radius 3 is 1.35 bits per heavy atom. The van der Waals surface area contributed by atoms with E-state index in [0.717, 1.165) is 73.1 Å². The number of nitrogens with zero attached hydrogens (tertiary/aromatic N) is 5. The van der Waals surface area contributed by atoms with Gasteiger partial charge in [0.25, 0.3) is 0 Å². The normalized spacial score (nSPS) is 10.9. The molecule has 4 aromatic heterocycles. The van der Waals surface area contributed by atoms with Gasteiger partial charge in [0.05, 0.1) is 34.2 Å². The lowest BCUT2D eigenvalue weighted by Crippen LogP contribution is -1.97. The largest absolute Gasteiger partial charge is 0.255 e. The lowest BCUT2D eigenvalue weighted by atomic mass is 9.93. The van der Waals surface area contributed by atoms with Crippen molar-refractivity contribution in [2.24, 2.45) is 0 Å². The zero-order valence-corrected chi connectivity index (χ0v) is 26.0. The van der Waals surface area contributed by atoms with Gasteiger partial charge >= 0.3 is 0 Å². The summed E-state index contributed by atoms with van der Waals surface area (Å²) in [5, 5.41) is 0. The first-order valence-electron chi connectivity index (χ1n) is 15.8. The first-order chi connectivity index (χ1) is 23.8. The minimum absolute atomic E-state index is 0.613. The third-order valence-corrected chi connectivity index (χ3v) is 8.22. The number of pyridine rings is 3. The zero-order chi connectivity index (χ0) is 32.1. The van der Waals surface area contributed by atoms with Crippen LogP contribution < -0.4 is 0 Å². The van der Waals surface area contributed by atoms with Crippen molar-refractivity contribution in [3.63, 3.8) is 0 Å². The number of hydrogen-bond acceptors (Lipinski definition) is 5.